The minimum atomic E-state index is -0.429. The lowest BCUT2D eigenvalue weighted by Gasteiger charge is -2.28. The van der Waals surface area contributed by atoms with Crippen LogP contribution in [0.5, 0.6) is 0 Å². The molecule has 4 nitrogen and oxygen atoms in total. The number of amides is 2. The molecule has 0 radical (unpaired) electrons. The van der Waals surface area contributed by atoms with Crippen LogP contribution in [-0.4, -0.2) is 24.9 Å². The van der Waals surface area contributed by atoms with E-state index in [4.69, 9.17) is 0 Å². The summed E-state index contributed by atoms with van der Waals surface area (Å²) in [7, 11) is 1.79. The van der Waals surface area contributed by atoms with E-state index in [0.29, 0.717) is 0 Å². The summed E-state index contributed by atoms with van der Waals surface area (Å²) in [5.41, 5.74) is 0.854. The van der Waals surface area contributed by atoms with E-state index >= 15 is 0 Å². The fourth-order valence-corrected chi connectivity index (χ4v) is 3.61. The number of hydrogen-bond acceptors (Lipinski definition) is 2. The maximum Gasteiger partial charge on any atom is 0.249 e. The van der Waals surface area contributed by atoms with Crippen molar-refractivity contribution >= 4 is 28.3 Å². The molecule has 1 atom stereocenters. The fourth-order valence-electron chi connectivity index (χ4n) is 3.61. The lowest BCUT2D eigenvalue weighted by Crippen LogP contribution is -2.50. The highest BCUT2D eigenvalue weighted by Crippen LogP contribution is 2.30. The summed E-state index contributed by atoms with van der Waals surface area (Å²) in [6.07, 6.45) is 4.27. The predicted octanol–water partition coefficient (Wildman–Crippen LogP) is 3.50. The summed E-state index contributed by atoms with van der Waals surface area (Å²) >= 11 is 0. The van der Waals surface area contributed by atoms with Gasteiger partial charge in [0, 0.05) is 19.7 Å². The summed E-state index contributed by atoms with van der Waals surface area (Å²) in [5.74, 6) is 0.0591. The summed E-state index contributed by atoms with van der Waals surface area (Å²) in [6.45, 7) is 1.48. The smallest absolute Gasteiger partial charge is 0.249 e. The summed E-state index contributed by atoms with van der Waals surface area (Å²) in [6, 6.07) is 13.7. The van der Waals surface area contributed by atoms with E-state index in [0.717, 1.165) is 42.1 Å². The van der Waals surface area contributed by atoms with Gasteiger partial charge in [0.1, 0.15) is 6.04 Å². The number of rotatable bonds is 4. The molecule has 0 saturated heterocycles. The van der Waals surface area contributed by atoms with E-state index in [-0.39, 0.29) is 17.7 Å². The molecule has 24 heavy (non-hydrogen) atoms. The van der Waals surface area contributed by atoms with Crippen molar-refractivity contribution in [2.75, 3.05) is 11.9 Å². The highest BCUT2D eigenvalue weighted by Gasteiger charge is 2.33. The zero-order valence-electron chi connectivity index (χ0n) is 14.3. The van der Waals surface area contributed by atoms with Gasteiger partial charge in [0.05, 0.1) is 0 Å². The number of likely N-dealkylation sites (N-methyl/N-ethyl adjacent to an activating group) is 1. The average Bonchev–Trinajstić information content (AvgIpc) is 3.12. The standard InChI is InChI=1S/C20H24N2O2/c1-14(23)21-19(16-8-4-5-9-16)20(24)22(2)18-12-11-15-7-3-6-10-17(15)13-18/h3,6-7,10-13,16,19H,4-5,8-9H2,1-2H3,(H,21,23). The minimum absolute atomic E-state index is 0.0348. The van der Waals surface area contributed by atoms with Crippen LogP contribution >= 0.6 is 0 Å². The van der Waals surface area contributed by atoms with E-state index in [1.165, 1.54) is 6.92 Å². The van der Waals surface area contributed by atoms with Crippen molar-refractivity contribution < 1.29 is 9.59 Å². The Hall–Kier alpha value is -2.36. The second kappa shape index (κ2) is 7.04. The van der Waals surface area contributed by atoms with E-state index in [9.17, 15) is 9.59 Å². The first-order valence-corrected chi connectivity index (χ1v) is 8.60. The van der Waals surface area contributed by atoms with Crippen molar-refractivity contribution in [3.05, 3.63) is 42.5 Å². The van der Waals surface area contributed by atoms with E-state index in [1.54, 1.807) is 11.9 Å². The molecule has 1 saturated carbocycles. The molecule has 1 unspecified atom stereocenters. The average molecular weight is 324 g/mol. The topological polar surface area (TPSA) is 49.4 Å². The molecule has 0 spiro atoms. The zero-order chi connectivity index (χ0) is 17.1. The Balaban J connectivity index is 1.85. The number of anilines is 1. The van der Waals surface area contributed by atoms with Crippen LogP contribution in [0, 0.1) is 5.92 Å². The second-order valence-electron chi connectivity index (χ2n) is 6.65. The number of benzene rings is 2. The predicted molar refractivity (Wildman–Crippen MR) is 96.9 cm³/mol. The van der Waals surface area contributed by atoms with Crippen molar-refractivity contribution in [1.29, 1.82) is 0 Å². The van der Waals surface area contributed by atoms with Gasteiger partial charge in [0.15, 0.2) is 0 Å². The highest BCUT2D eigenvalue weighted by molar-refractivity contribution is 6.00. The van der Waals surface area contributed by atoms with Crippen molar-refractivity contribution in [3.8, 4) is 0 Å². The molecule has 1 fully saturated rings. The summed E-state index contributed by atoms with van der Waals surface area (Å²) in [4.78, 5) is 26.3. The van der Waals surface area contributed by atoms with Crippen molar-refractivity contribution in [2.24, 2.45) is 5.92 Å². The maximum absolute atomic E-state index is 13.0. The molecule has 1 N–H and O–H groups in total. The van der Waals surface area contributed by atoms with Gasteiger partial charge in [0.2, 0.25) is 11.8 Å². The normalized spacial score (nSPS) is 16.1. The van der Waals surface area contributed by atoms with Crippen LogP contribution in [0.1, 0.15) is 32.6 Å². The second-order valence-corrected chi connectivity index (χ2v) is 6.65. The van der Waals surface area contributed by atoms with Crippen molar-refractivity contribution in [1.82, 2.24) is 5.32 Å². The Morgan fingerprint density at radius 2 is 1.75 bits per heavy atom. The molecule has 3 rings (SSSR count). The maximum atomic E-state index is 13.0. The lowest BCUT2D eigenvalue weighted by molar-refractivity contribution is -0.127. The summed E-state index contributed by atoms with van der Waals surface area (Å²) < 4.78 is 0. The molecule has 4 heteroatoms. The fraction of sp³-hybridized carbons (Fsp3) is 0.400. The summed E-state index contributed by atoms with van der Waals surface area (Å²) in [5, 5.41) is 5.13. The van der Waals surface area contributed by atoms with Crippen molar-refractivity contribution in [2.45, 2.75) is 38.6 Å². The molecule has 1 aliphatic rings. The molecule has 126 valence electrons. The molecular weight excluding hydrogens is 300 g/mol. The van der Waals surface area contributed by atoms with Gasteiger partial charge in [-0.1, -0.05) is 43.2 Å². The monoisotopic (exact) mass is 324 g/mol. The molecule has 0 aromatic heterocycles. The van der Waals surface area contributed by atoms with Crippen LogP contribution in [0.4, 0.5) is 5.69 Å². The van der Waals surface area contributed by atoms with Crippen molar-refractivity contribution in [3.63, 3.8) is 0 Å². The number of carbonyl (C=O) groups excluding carboxylic acids is 2. The first-order chi connectivity index (χ1) is 11.6. The number of nitrogens with one attached hydrogen (secondary N) is 1. The molecule has 0 bridgehead atoms. The van der Waals surface area contributed by atoms with E-state index in [2.05, 4.69) is 11.4 Å². The molecule has 0 heterocycles. The molecule has 2 aromatic carbocycles. The number of fused-ring (bicyclic) bond motifs is 1. The highest BCUT2D eigenvalue weighted by atomic mass is 16.2. The number of nitrogens with zero attached hydrogens (tertiary/aromatic N) is 1. The van der Waals surface area contributed by atoms with Crippen LogP contribution in [0.15, 0.2) is 42.5 Å². The third kappa shape index (κ3) is 3.42. The Bertz CT molecular complexity index is 750. The van der Waals surface area contributed by atoms with Gasteiger partial charge >= 0.3 is 0 Å². The SMILES string of the molecule is CC(=O)NC(C(=O)N(C)c1ccc2ccccc2c1)C1CCCC1. The largest absolute Gasteiger partial charge is 0.344 e. The van der Waals surface area contributed by atoms with Gasteiger partial charge in [-0.15, -0.1) is 0 Å². The molecule has 2 amide bonds. The Morgan fingerprint density at radius 1 is 1.08 bits per heavy atom. The molecular formula is C20H24N2O2. The molecule has 0 aliphatic heterocycles. The van der Waals surface area contributed by atoms with Gasteiger partial charge in [0.25, 0.3) is 0 Å². The number of hydrogen-bond donors (Lipinski definition) is 1. The van der Waals surface area contributed by atoms with Gasteiger partial charge in [-0.3, -0.25) is 9.59 Å². The zero-order valence-corrected chi connectivity index (χ0v) is 14.3. The first-order valence-electron chi connectivity index (χ1n) is 8.60. The van der Waals surface area contributed by atoms with E-state index < -0.39 is 6.04 Å². The minimum Gasteiger partial charge on any atom is -0.344 e. The Kier molecular flexibility index (Phi) is 4.84. The molecule has 2 aromatic rings. The quantitative estimate of drug-likeness (QED) is 0.936. The first kappa shape index (κ1) is 16.5. The van der Waals surface area contributed by atoms with Gasteiger partial charge in [-0.05, 0) is 41.7 Å². The van der Waals surface area contributed by atoms with Gasteiger partial charge < -0.3 is 10.2 Å². The molecule has 1 aliphatic carbocycles. The lowest BCUT2D eigenvalue weighted by atomic mass is 9.96. The van der Waals surface area contributed by atoms with Crippen LogP contribution in [0.3, 0.4) is 0 Å². The van der Waals surface area contributed by atoms with Gasteiger partial charge in [-0.2, -0.15) is 0 Å². The van der Waals surface area contributed by atoms with Crippen LogP contribution in [-0.2, 0) is 9.59 Å². The van der Waals surface area contributed by atoms with E-state index in [1.807, 2.05) is 36.4 Å². The van der Waals surface area contributed by atoms with Crippen LogP contribution in [0.2, 0.25) is 0 Å². The Morgan fingerprint density at radius 3 is 2.42 bits per heavy atom. The van der Waals surface area contributed by atoms with Crippen LogP contribution in [0.25, 0.3) is 10.8 Å². The third-order valence-corrected chi connectivity index (χ3v) is 4.95. The van der Waals surface area contributed by atoms with Gasteiger partial charge in [-0.25, -0.2) is 0 Å². The third-order valence-electron chi connectivity index (χ3n) is 4.95. The van der Waals surface area contributed by atoms with Crippen LogP contribution < -0.4 is 10.2 Å². The Labute approximate surface area is 142 Å². The number of carbonyl (C=O) groups is 2.